The minimum atomic E-state index is -7.19. The van der Waals surface area contributed by atoms with E-state index in [1.54, 1.807) is 0 Å². The zero-order valence-electron chi connectivity index (χ0n) is 11.6. The van der Waals surface area contributed by atoms with E-state index >= 15 is 0 Å². The van der Waals surface area contributed by atoms with Gasteiger partial charge in [0.25, 0.3) is 5.91 Å². The highest BCUT2D eigenvalue weighted by Crippen LogP contribution is 2.50. The highest BCUT2D eigenvalue weighted by molar-refractivity contribution is 5.84. The summed E-state index contributed by atoms with van der Waals surface area (Å²) < 4.78 is 139. The van der Waals surface area contributed by atoms with Gasteiger partial charge in [-0.2, -0.15) is 48.3 Å². The van der Waals surface area contributed by atoms with Crippen molar-refractivity contribution in [2.45, 2.75) is 50.0 Å². The van der Waals surface area contributed by atoms with E-state index in [9.17, 15) is 53.1 Å². The molecule has 0 saturated carbocycles. The number of carbonyl (C=O) groups excluding carboxylic acids is 1. The van der Waals surface area contributed by atoms with Gasteiger partial charge >= 0.3 is 30.2 Å². The van der Waals surface area contributed by atoms with Crippen molar-refractivity contribution in [2.75, 3.05) is 6.54 Å². The Morgan fingerprint density at radius 2 is 1.33 bits per heavy atom. The largest absolute Gasteiger partial charge is 0.462 e. The van der Waals surface area contributed by atoms with Gasteiger partial charge in [0.2, 0.25) is 0 Å². The Kier molecular flexibility index (Phi) is 6.50. The Labute approximate surface area is 127 Å². The Hall–Kier alpha value is -1.34. The number of alkyl halides is 11. The lowest BCUT2D eigenvalue weighted by Crippen LogP contribution is -2.63. The van der Waals surface area contributed by atoms with Gasteiger partial charge < -0.3 is 5.32 Å². The molecule has 0 radical (unpaired) electrons. The molecule has 0 aliphatic rings. The van der Waals surface area contributed by atoms with Crippen LogP contribution in [0.1, 0.15) is 19.8 Å². The minimum absolute atomic E-state index is 0.0607. The zero-order chi connectivity index (χ0) is 19.6. The Morgan fingerprint density at radius 1 is 0.875 bits per heavy atom. The lowest BCUT2D eigenvalue weighted by atomic mass is 10.2. The van der Waals surface area contributed by atoms with Crippen molar-refractivity contribution < 1.29 is 57.8 Å². The molecule has 1 atom stereocenters. The van der Waals surface area contributed by atoms with E-state index in [0.717, 1.165) is 5.32 Å². The van der Waals surface area contributed by atoms with Gasteiger partial charge in [0, 0.05) is 6.54 Å². The van der Waals surface area contributed by atoms with Crippen molar-refractivity contribution >= 4 is 5.91 Å². The predicted molar refractivity (Wildman–Crippen MR) is 54.8 cm³/mol. The van der Waals surface area contributed by atoms with E-state index in [4.69, 9.17) is 0 Å². The summed E-state index contributed by atoms with van der Waals surface area (Å²) in [5.74, 6) is -16.3. The number of hydrogen-bond donors (Lipinski definition) is 1. The van der Waals surface area contributed by atoms with Gasteiger partial charge in [0.05, 0.1) is 0 Å². The first-order valence-corrected chi connectivity index (χ1v) is 6.00. The first-order chi connectivity index (χ1) is 10.4. The van der Waals surface area contributed by atoms with Crippen LogP contribution in [0, 0.1) is 0 Å². The molecule has 0 saturated heterocycles. The van der Waals surface area contributed by atoms with E-state index in [2.05, 4.69) is 4.74 Å². The first kappa shape index (κ1) is 22.7. The summed E-state index contributed by atoms with van der Waals surface area (Å²) in [6.45, 7) is 0.773. The molecule has 14 heteroatoms. The Balaban J connectivity index is 5.69. The molecule has 0 aliphatic heterocycles. The van der Waals surface area contributed by atoms with Crippen molar-refractivity contribution in [3.8, 4) is 0 Å². The maximum absolute atomic E-state index is 13.6. The van der Waals surface area contributed by atoms with Crippen LogP contribution in [-0.2, 0) is 9.53 Å². The monoisotopic (exact) mass is 385 g/mol. The van der Waals surface area contributed by atoms with E-state index in [1.165, 1.54) is 6.92 Å². The number of ether oxygens (including phenoxy) is 1. The summed E-state index contributed by atoms with van der Waals surface area (Å²) in [6.07, 6.45) is -20.6. The van der Waals surface area contributed by atoms with Gasteiger partial charge in [-0.1, -0.05) is 13.3 Å². The van der Waals surface area contributed by atoms with Crippen LogP contribution in [0.15, 0.2) is 0 Å². The Bertz CT molecular complexity index is 445. The van der Waals surface area contributed by atoms with Gasteiger partial charge in [-0.3, -0.25) is 9.53 Å². The minimum Gasteiger partial charge on any atom is -0.351 e. The van der Waals surface area contributed by atoms with Crippen LogP contribution in [-0.4, -0.2) is 42.7 Å². The molecule has 0 fully saturated rings. The van der Waals surface area contributed by atoms with Gasteiger partial charge in [-0.15, -0.1) is 0 Å². The van der Waals surface area contributed by atoms with Crippen molar-refractivity contribution in [3.05, 3.63) is 0 Å². The molecule has 0 aliphatic carbocycles. The van der Waals surface area contributed by atoms with Gasteiger partial charge in [-0.05, 0) is 6.42 Å². The summed E-state index contributed by atoms with van der Waals surface area (Å²) in [5.41, 5.74) is 0. The summed E-state index contributed by atoms with van der Waals surface area (Å²) in [6, 6.07) is 0. The average Bonchev–Trinajstić information content (AvgIpc) is 2.35. The number of rotatable bonds is 7. The molecule has 0 spiro atoms. The highest BCUT2D eigenvalue weighted by Gasteiger charge is 2.79. The molecule has 0 aromatic rings. The molecule has 0 rings (SSSR count). The van der Waals surface area contributed by atoms with Crippen molar-refractivity contribution in [1.82, 2.24) is 5.32 Å². The molecule has 1 N–H and O–H groups in total. The van der Waals surface area contributed by atoms with Gasteiger partial charge in [-0.25, -0.2) is 0 Å². The highest BCUT2D eigenvalue weighted by atomic mass is 19.4. The standard InChI is InChI=1S/C10H10F11NO2/c1-2-3-4-22-5(23)6(11,8(14,15)16)24-10(20,21)7(12,13)9(17,18)19/h2-4H2,1H3,(H,22,23)/t6-/m1/s1. The molecule has 0 unspecified atom stereocenters. The SMILES string of the molecule is CCCCNC(=O)[C@@](F)(OC(F)(F)C(F)(F)C(F)(F)F)C(F)(F)F. The van der Waals surface area contributed by atoms with Crippen LogP contribution in [0.4, 0.5) is 48.3 Å². The van der Waals surface area contributed by atoms with E-state index < -0.39 is 42.7 Å². The second-order valence-electron chi connectivity index (χ2n) is 4.39. The van der Waals surface area contributed by atoms with Crippen LogP contribution in [0.2, 0.25) is 0 Å². The number of hydrogen-bond acceptors (Lipinski definition) is 2. The van der Waals surface area contributed by atoms with Crippen molar-refractivity contribution in [2.24, 2.45) is 0 Å². The molecule has 24 heavy (non-hydrogen) atoms. The average molecular weight is 385 g/mol. The summed E-state index contributed by atoms with van der Waals surface area (Å²) in [7, 11) is 0. The summed E-state index contributed by atoms with van der Waals surface area (Å²) in [5, 5.41) is 1.13. The lowest BCUT2D eigenvalue weighted by Gasteiger charge is -2.34. The quantitative estimate of drug-likeness (QED) is 0.533. The third kappa shape index (κ3) is 4.39. The molecule has 0 bridgehead atoms. The van der Waals surface area contributed by atoms with Crippen LogP contribution < -0.4 is 5.32 Å². The van der Waals surface area contributed by atoms with E-state index in [0.29, 0.717) is 0 Å². The van der Waals surface area contributed by atoms with E-state index in [-0.39, 0.29) is 12.8 Å². The maximum atomic E-state index is 13.6. The third-order valence-corrected chi connectivity index (χ3v) is 2.46. The Morgan fingerprint density at radius 3 is 1.67 bits per heavy atom. The van der Waals surface area contributed by atoms with E-state index in [1.807, 2.05) is 0 Å². The summed E-state index contributed by atoms with van der Waals surface area (Å²) >= 11 is 0. The first-order valence-electron chi connectivity index (χ1n) is 6.00. The number of unbranched alkanes of at least 4 members (excludes halogenated alkanes) is 1. The fraction of sp³-hybridized carbons (Fsp3) is 0.900. The molecule has 1 amide bonds. The third-order valence-electron chi connectivity index (χ3n) is 2.46. The summed E-state index contributed by atoms with van der Waals surface area (Å²) in [4.78, 5) is 11.1. The number of nitrogens with one attached hydrogen (secondary N) is 1. The zero-order valence-corrected chi connectivity index (χ0v) is 11.6. The van der Waals surface area contributed by atoms with Crippen LogP contribution in [0.5, 0.6) is 0 Å². The fourth-order valence-electron chi connectivity index (χ4n) is 1.13. The molecule has 0 heterocycles. The molecule has 3 nitrogen and oxygen atoms in total. The van der Waals surface area contributed by atoms with Crippen molar-refractivity contribution in [3.63, 3.8) is 0 Å². The molecular formula is C10H10F11NO2. The van der Waals surface area contributed by atoms with Gasteiger partial charge in [0.1, 0.15) is 0 Å². The number of halogens is 11. The van der Waals surface area contributed by atoms with Crippen molar-refractivity contribution in [1.29, 1.82) is 0 Å². The normalized spacial score (nSPS) is 16.7. The molecular weight excluding hydrogens is 375 g/mol. The van der Waals surface area contributed by atoms with Crippen LogP contribution >= 0.6 is 0 Å². The van der Waals surface area contributed by atoms with Crippen LogP contribution in [0.3, 0.4) is 0 Å². The maximum Gasteiger partial charge on any atom is 0.462 e. The predicted octanol–water partition coefficient (Wildman–Crippen LogP) is 3.94. The second kappa shape index (κ2) is 6.88. The molecule has 0 aromatic heterocycles. The second-order valence-corrected chi connectivity index (χ2v) is 4.39. The lowest BCUT2D eigenvalue weighted by molar-refractivity contribution is -0.472. The van der Waals surface area contributed by atoms with Crippen LogP contribution in [0.25, 0.3) is 0 Å². The topological polar surface area (TPSA) is 38.3 Å². The number of carbonyl (C=O) groups is 1. The number of amides is 1. The van der Waals surface area contributed by atoms with Gasteiger partial charge in [0.15, 0.2) is 0 Å². The smallest absolute Gasteiger partial charge is 0.351 e. The molecule has 0 aromatic carbocycles. The fourth-order valence-corrected chi connectivity index (χ4v) is 1.13. The molecule has 144 valence electrons.